The Balaban J connectivity index is 1.07. The summed E-state index contributed by atoms with van der Waals surface area (Å²) in [5.74, 6) is 5.03. The van der Waals surface area contributed by atoms with Crippen molar-refractivity contribution in [3.8, 4) is 46.0 Å². The number of fused-ring (bicyclic) bond motifs is 6. The second-order valence-electron chi connectivity index (χ2n) is 13.7. The molecular weight excluding hydrogens is 683 g/mol. The van der Waals surface area contributed by atoms with E-state index in [1.54, 1.807) is 0 Å². The molecule has 0 aliphatic heterocycles. The summed E-state index contributed by atoms with van der Waals surface area (Å²) in [6.45, 7) is 4.39. The van der Waals surface area contributed by atoms with Gasteiger partial charge in [0.1, 0.15) is 47.3 Å². The van der Waals surface area contributed by atoms with E-state index in [0.717, 1.165) is 60.8 Å². The van der Waals surface area contributed by atoms with Gasteiger partial charge in [-0.05, 0) is 84.3 Å². The number of benzene rings is 5. The van der Waals surface area contributed by atoms with Crippen LogP contribution in [0.1, 0.15) is 25.3 Å². The van der Waals surface area contributed by atoms with Gasteiger partial charge in [0, 0.05) is 57.7 Å². The molecule has 5 aromatic carbocycles. The molecule has 0 fully saturated rings. The fourth-order valence-electron chi connectivity index (χ4n) is 7.40. The Labute approximate surface area is 316 Å². The molecule has 0 saturated heterocycles. The van der Waals surface area contributed by atoms with Gasteiger partial charge in [0.2, 0.25) is 0 Å². The Bertz CT molecular complexity index is 3030. The number of aromatic nitrogens is 7. The van der Waals surface area contributed by atoms with Crippen molar-refractivity contribution in [1.29, 1.82) is 0 Å². The molecule has 10 rings (SSSR count). The second-order valence-corrected chi connectivity index (χ2v) is 13.7. The number of para-hydroxylation sites is 2. The molecule has 0 radical (unpaired) electrons. The van der Waals surface area contributed by atoms with Crippen molar-refractivity contribution in [2.45, 2.75) is 19.8 Å². The van der Waals surface area contributed by atoms with Crippen molar-refractivity contribution in [3.05, 3.63) is 164 Å². The molecule has 0 aliphatic rings. The van der Waals surface area contributed by atoms with Gasteiger partial charge in [0.25, 0.3) is 0 Å². The van der Waals surface area contributed by atoms with Crippen LogP contribution in [-0.4, -0.2) is 34.1 Å². The first-order valence-electron chi connectivity index (χ1n) is 18.1. The van der Waals surface area contributed by atoms with Crippen molar-refractivity contribution < 1.29 is 9.47 Å². The Morgan fingerprint density at radius 2 is 1.02 bits per heavy atom. The number of ether oxygens (including phenoxy) is 2. The highest BCUT2D eigenvalue weighted by Gasteiger charge is 2.17. The molecule has 0 saturated carbocycles. The van der Waals surface area contributed by atoms with Gasteiger partial charge >= 0.3 is 0 Å². The van der Waals surface area contributed by atoms with Crippen LogP contribution in [0.25, 0.3) is 66.6 Å². The minimum atomic E-state index is 0.370. The number of pyridine rings is 2. The molecule has 9 heteroatoms. The fraction of sp³-hybridized carbons (Fsp3) is 0.0652. The van der Waals surface area contributed by atoms with Crippen LogP contribution in [0.15, 0.2) is 159 Å². The summed E-state index contributed by atoms with van der Waals surface area (Å²) >= 11 is 0. The van der Waals surface area contributed by atoms with E-state index in [1.807, 2.05) is 67.0 Å². The predicted molar refractivity (Wildman–Crippen MR) is 217 cm³/mol. The summed E-state index contributed by atoms with van der Waals surface area (Å²) in [5, 5.41) is 4.51. The van der Waals surface area contributed by atoms with E-state index >= 15 is 0 Å². The average Bonchev–Trinajstić information content (AvgIpc) is 3.73. The maximum Gasteiger partial charge on any atom is 0.162 e. The summed E-state index contributed by atoms with van der Waals surface area (Å²) in [4.78, 5) is 22.4. The standard InChI is InChI=1S/C46H33N7O2/c1-29(2)30-18-20-49-45(23-30)53-41-12-6-4-10-37(41)39-17-15-33(26-43(39)53)55-35-22-31(46-50-27-47-28-51-46)21-34(24-35)54-32-14-16-38-36-9-3-5-11-40(36)52(42(38)25-32)44-13-7-8-19-48-44/h3-29H,1-2H3. The van der Waals surface area contributed by atoms with E-state index < -0.39 is 0 Å². The Hall–Kier alpha value is -7.39. The zero-order valence-electron chi connectivity index (χ0n) is 30.0. The average molecular weight is 716 g/mol. The summed E-state index contributed by atoms with van der Waals surface area (Å²) in [7, 11) is 0. The zero-order valence-corrected chi connectivity index (χ0v) is 30.0. The van der Waals surface area contributed by atoms with Crippen LogP contribution in [0, 0.1) is 0 Å². The van der Waals surface area contributed by atoms with Gasteiger partial charge in [-0.2, -0.15) is 0 Å². The molecule has 0 spiro atoms. The van der Waals surface area contributed by atoms with E-state index in [1.165, 1.54) is 18.2 Å². The second kappa shape index (κ2) is 13.2. The molecule has 0 N–H and O–H groups in total. The molecule has 0 unspecified atom stereocenters. The summed E-state index contributed by atoms with van der Waals surface area (Å²) in [6, 6.07) is 45.0. The van der Waals surface area contributed by atoms with Gasteiger partial charge in [0.15, 0.2) is 5.82 Å². The highest BCUT2D eigenvalue weighted by Crippen LogP contribution is 2.39. The molecule has 55 heavy (non-hydrogen) atoms. The van der Waals surface area contributed by atoms with Gasteiger partial charge in [-0.3, -0.25) is 9.13 Å². The first-order chi connectivity index (χ1) is 27.1. The van der Waals surface area contributed by atoms with E-state index in [2.05, 4.69) is 122 Å². The van der Waals surface area contributed by atoms with Crippen LogP contribution < -0.4 is 9.47 Å². The summed E-state index contributed by atoms with van der Waals surface area (Å²) in [5.41, 5.74) is 6.08. The van der Waals surface area contributed by atoms with Crippen LogP contribution in [0.5, 0.6) is 23.0 Å². The van der Waals surface area contributed by atoms with Crippen molar-refractivity contribution in [2.75, 3.05) is 0 Å². The lowest BCUT2D eigenvalue weighted by atomic mass is 10.1. The number of hydrogen-bond acceptors (Lipinski definition) is 7. The van der Waals surface area contributed by atoms with Crippen LogP contribution in [-0.2, 0) is 0 Å². The molecule has 0 aliphatic carbocycles. The molecule has 9 nitrogen and oxygen atoms in total. The Morgan fingerprint density at radius 1 is 0.455 bits per heavy atom. The minimum Gasteiger partial charge on any atom is -0.457 e. The first kappa shape index (κ1) is 32.3. The highest BCUT2D eigenvalue weighted by atomic mass is 16.5. The smallest absolute Gasteiger partial charge is 0.162 e. The van der Waals surface area contributed by atoms with Crippen LogP contribution in [0.3, 0.4) is 0 Å². The third-order valence-corrected chi connectivity index (χ3v) is 9.94. The molecule has 5 heterocycles. The van der Waals surface area contributed by atoms with E-state index in [0.29, 0.717) is 34.7 Å². The third kappa shape index (κ3) is 5.79. The molecule has 0 bridgehead atoms. The predicted octanol–water partition coefficient (Wildman–Crippen LogP) is 11.2. The maximum atomic E-state index is 6.67. The van der Waals surface area contributed by atoms with Gasteiger partial charge in [-0.1, -0.05) is 56.3 Å². The molecule has 10 aromatic rings. The molecule has 0 amide bonds. The zero-order chi connectivity index (χ0) is 36.9. The normalized spacial score (nSPS) is 11.6. The molecular formula is C46H33N7O2. The maximum absolute atomic E-state index is 6.67. The van der Waals surface area contributed by atoms with Crippen molar-refractivity contribution in [1.82, 2.24) is 34.1 Å². The third-order valence-electron chi connectivity index (χ3n) is 9.94. The quantitative estimate of drug-likeness (QED) is 0.155. The van der Waals surface area contributed by atoms with E-state index in [-0.39, 0.29) is 0 Å². The van der Waals surface area contributed by atoms with Crippen molar-refractivity contribution in [2.24, 2.45) is 0 Å². The van der Waals surface area contributed by atoms with Crippen molar-refractivity contribution >= 4 is 43.6 Å². The Morgan fingerprint density at radius 3 is 1.62 bits per heavy atom. The fourth-order valence-corrected chi connectivity index (χ4v) is 7.40. The van der Waals surface area contributed by atoms with Crippen LogP contribution in [0.2, 0.25) is 0 Å². The lowest BCUT2D eigenvalue weighted by Gasteiger charge is -2.13. The van der Waals surface area contributed by atoms with Gasteiger partial charge in [-0.25, -0.2) is 24.9 Å². The molecule has 5 aromatic heterocycles. The largest absolute Gasteiger partial charge is 0.457 e. The van der Waals surface area contributed by atoms with Crippen molar-refractivity contribution in [3.63, 3.8) is 0 Å². The number of nitrogens with zero attached hydrogens (tertiary/aromatic N) is 7. The van der Waals surface area contributed by atoms with Crippen LogP contribution in [0.4, 0.5) is 0 Å². The van der Waals surface area contributed by atoms with Gasteiger partial charge in [-0.15, -0.1) is 0 Å². The van der Waals surface area contributed by atoms with Gasteiger partial charge in [0.05, 0.1) is 22.1 Å². The summed E-state index contributed by atoms with van der Waals surface area (Å²) in [6.07, 6.45) is 6.66. The lowest BCUT2D eigenvalue weighted by molar-refractivity contribution is 0.461. The Kier molecular flexibility index (Phi) is 7.76. The highest BCUT2D eigenvalue weighted by molar-refractivity contribution is 6.10. The van der Waals surface area contributed by atoms with E-state index in [9.17, 15) is 0 Å². The SMILES string of the molecule is CC(C)c1ccnc(-n2c3ccccc3c3ccc(Oc4cc(Oc5ccc6c7ccccc7n(-c7ccccn7)c6c5)cc(-c5ncncn5)c4)cc32)c1. The number of hydrogen-bond donors (Lipinski definition) is 0. The first-order valence-corrected chi connectivity index (χ1v) is 18.1. The monoisotopic (exact) mass is 715 g/mol. The van der Waals surface area contributed by atoms with Crippen LogP contribution >= 0.6 is 0 Å². The van der Waals surface area contributed by atoms with E-state index in [4.69, 9.17) is 14.5 Å². The van der Waals surface area contributed by atoms with Gasteiger partial charge < -0.3 is 9.47 Å². The molecule has 264 valence electrons. The lowest BCUT2D eigenvalue weighted by Crippen LogP contribution is -1.99. The minimum absolute atomic E-state index is 0.370. The summed E-state index contributed by atoms with van der Waals surface area (Å²) < 4.78 is 17.7. The topological polar surface area (TPSA) is 92.8 Å². The molecule has 0 atom stereocenters. The number of rotatable bonds is 8.